The molecule has 5 rings (SSSR count). The highest BCUT2D eigenvalue weighted by molar-refractivity contribution is 5.81. The largest absolute Gasteiger partial charge is 0.444 e. The van der Waals surface area contributed by atoms with E-state index in [1.165, 1.54) is 12.6 Å². The lowest BCUT2D eigenvalue weighted by atomic mass is 10.1. The zero-order valence-corrected chi connectivity index (χ0v) is 20.8. The van der Waals surface area contributed by atoms with Crippen molar-refractivity contribution in [2.75, 3.05) is 11.5 Å². The van der Waals surface area contributed by atoms with Gasteiger partial charge >= 0.3 is 0 Å². The van der Waals surface area contributed by atoms with Crippen molar-refractivity contribution in [3.8, 4) is 17.1 Å². The third-order valence-corrected chi connectivity index (χ3v) is 5.74. The van der Waals surface area contributed by atoms with Gasteiger partial charge < -0.3 is 15.9 Å². The summed E-state index contributed by atoms with van der Waals surface area (Å²) >= 11 is 0. The van der Waals surface area contributed by atoms with Crippen molar-refractivity contribution in [3.63, 3.8) is 0 Å². The molecule has 9 heteroatoms. The zero-order valence-electron chi connectivity index (χ0n) is 20.8. The minimum absolute atomic E-state index is 0.0286. The summed E-state index contributed by atoms with van der Waals surface area (Å²) in [6.45, 7) is 7.91. The fraction of sp³-hybridized carbons (Fsp3) is 0.222. The van der Waals surface area contributed by atoms with Gasteiger partial charge in [-0.25, -0.2) is 19.9 Å². The number of rotatable bonds is 4. The van der Waals surface area contributed by atoms with Crippen LogP contribution in [0.1, 0.15) is 36.0 Å². The minimum atomic E-state index is 0.0286. The lowest BCUT2D eigenvalue weighted by Crippen LogP contribution is -2.25. The van der Waals surface area contributed by atoms with Crippen molar-refractivity contribution in [1.29, 1.82) is 0 Å². The van der Waals surface area contributed by atoms with Gasteiger partial charge in [0.15, 0.2) is 0 Å². The molecule has 0 atom stereocenters. The van der Waals surface area contributed by atoms with Crippen LogP contribution in [0.3, 0.4) is 0 Å². The first-order valence-corrected chi connectivity index (χ1v) is 11.7. The molecule has 0 spiro atoms. The van der Waals surface area contributed by atoms with Gasteiger partial charge in [0.25, 0.3) is 5.56 Å². The number of aromatic nitrogens is 5. The van der Waals surface area contributed by atoms with E-state index in [1.807, 2.05) is 63.2 Å². The highest BCUT2D eigenvalue weighted by Gasteiger charge is 2.15. The Bertz CT molecular complexity index is 1570. The highest BCUT2D eigenvalue weighted by atomic mass is 16.3. The standard InChI is InChI=1S/C19H20N2O.C8H9N5O/c1-4-8-17-20-15-11-7-10-14(3)18(15)19(22)21(17)16-12-6-5-9-13(16)2;1-4-2-14-8(13-4)5-6(9)11-3-12-7(5)10/h5-7,9-12H,4,8H2,1-3H3;2-3H,1H3,(H4,9,10,11,12). The van der Waals surface area contributed by atoms with Crippen molar-refractivity contribution >= 4 is 22.5 Å². The fourth-order valence-corrected chi connectivity index (χ4v) is 4.00. The predicted molar refractivity (Wildman–Crippen MR) is 142 cm³/mol. The van der Waals surface area contributed by atoms with Gasteiger partial charge in [-0.05, 0) is 50.5 Å². The number of hydrogen-bond acceptors (Lipinski definition) is 8. The number of hydrogen-bond donors (Lipinski definition) is 2. The van der Waals surface area contributed by atoms with Crippen LogP contribution < -0.4 is 17.0 Å². The summed E-state index contributed by atoms with van der Waals surface area (Å²) in [6.07, 6.45) is 4.55. The molecular weight excluding hydrogens is 454 g/mol. The number of nitrogen functional groups attached to an aromatic ring is 2. The Morgan fingerprint density at radius 2 is 1.61 bits per heavy atom. The van der Waals surface area contributed by atoms with Crippen LogP contribution in [0.4, 0.5) is 11.6 Å². The molecule has 4 N–H and O–H groups in total. The number of aryl methyl sites for hydroxylation is 4. The molecule has 0 amide bonds. The second-order valence-electron chi connectivity index (χ2n) is 8.49. The lowest BCUT2D eigenvalue weighted by molar-refractivity contribution is 0.573. The van der Waals surface area contributed by atoms with Crippen LogP contribution in [0, 0.1) is 20.8 Å². The summed E-state index contributed by atoms with van der Waals surface area (Å²) in [5.74, 6) is 1.71. The van der Waals surface area contributed by atoms with Gasteiger partial charge in [-0.15, -0.1) is 0 Å². The number of fused-ring (bicyclic) bond motifs is 1. The first-order valence-electron chi connectivity index (χ1n) is 11.7. The Morgan fingerprint density at radius 1 is 0.917 bits per heavy atom. The zero-order chi connectivity index (χ0) is 25.8. The summed E-state index contributed by atoms with van der Waals surface area (Å²) in [7, 11) is 0. The average Bonchev–Trinajstić information content (AvgIpc) is 3.26. The molecule has 5 aromatic rings. The average molecular weight is 484 g/mol. The van der Waals surface area contributed by atoms with Crippen molar-refractivity contribution < 1.29 is 4.42 Å². The summed E-state index contributed by atoms with van der Waals surface area (Å²) in [6, 6.07) is 13.8. The van der Waals surface area contributed by atoms with Crippen LogP contribution >= 0.6 is 0 Å². The Morgan fingerprint density at radius 3 is 2.25 bits per heavy atom. The molecule has 36 heavy (non-hydrogen) atoms. The number of nitrogens with zero attached hydrogens (tertiary/aromatic N) is 5. The molecule has 3 aromatic heterocycles. The normalized spacial score (nSPS) is 10.8. The monoisotopic (exact) mass is 483 g/mol. The van der Waals surface area contributed by atoms with E-state index in [0.717, 1.165) is 46.7 Å². The number of nitrogens with two attached hydrogens (primary N) is 2. The van der Waals surface area contributed by atoms with Crippen molar-refractivity contribution in [2.24, 2.45) is 0 Å². The van der Waals surface area contributed by atoms with E-state index >= 15 is 0 Å². The summed E-state index contributed by atoms with van der Waals surface area (Å²) in [4.78, 5) is 29.6. The first-order chi connectivity index (χ1) is 17.3. The molecule has 0 aliphatic rings. The minimum Gasteiger partial charge on any atom is -0.444 e. The van der Waals surface area contributed by atoms with E-state index < -0.39 is 0 Å². The van der Waals surface area contributed by atoms with Gasteiger partial charge in [0.05, 0.1) is 22.3 Å². The molecule has 0 fully saturated rings. The molecule has 0 unspecified atom stereocenters. The van der Waals surface area contributed by atoms with E-state index in [2.05, 4.69) is 21.9 Å². The number of anilines is 2. The van der Waals surface area contributed by atoms with Gasteiger partial charge in [-0.1, -0.05) is 37.3 Å². The Kier molecular flexibility index (Phi) is 7.10. The SMILES string of the molecule is CCCc1nc2cccc(C)c2c(=O)n1-c1ccccc1C.Cc1coc(-c2c(N)ncnc2N)n1. The maximum absolute atomic E-state index is 13.1. The highest BCUT2D eigenvalue weighted by Crippen LogP contribution is 2.27. The molecule has 0 aliphatic carbocycles. The van der Waals surface area contributed by atoms with E-state index in [0.29, 0.717) is 16.8 Å². The summed E-state index contributed by atoms with van der Waals surface area (Å²) in [5, 5.41) is 0.714. The maximum atomic E-state index is 13.1. The predicted octanol–water partition coefficient (Wildman–Crippen LogP) is 4.56. The van der Waals surface area contributed by atoms with E-state index in [1.54, 1.807) is 4.57 Å². The van der Waals surface area contributed by atoms with Crippen LogP contribution in [0.15, 0.2) is 64.3 Å². The smallest absolute Gasteiger partial charge is 0.266 e. The van der Waals surface area contributed by atoms with Gasteiger partial charge in [-0.2, -0.15) is 0 Å². The molecule has 0 saturated heterocycles. The van der Waals surface area contributed by atoms with E-state index in [4.69, 9.17) is 20.9 Å². The molecule has 0 saturated carbocycles. The van der Waals surface area contributed by atoms with Gasteiger partial charge in [0.1, 0.15) is 35.6 Å². The molecule has 0 radical (unpaired) electrons. The van der Waals surface area contributed by atoms with Crippen molar-refractivity contribution in [1.82, 2.24) is 24.5 Å². The topological polar surface area (TPSA) is 139 Å². The quantitative estimate of drug-likeness (QED) is 0.379. The Balaban J connectivity index is 0.000000187. The van der Waals surface area contributed by atoms with E-state index in [-0.39, 0.29) is 17.2 Å². The fourth-order valence-electron chi connectivity index (χ4n) is 4.00. The molecule has 9 nitrogen and oxygen atoms in total. The lowest BCUT2D eigenvalue weighted by Gasteiger charge is -2.15. The Labute approximate surface area is 208 Å². The molecule has 2 aromatic carbocycles. The Hall–Kier alpha value is -4.53. The first kappa shape index (κ1) is 24.6. The summed E-state index contributed by atoms with van der Waals surface area (Å²) in [5.41, 5.74) is 16.3. The van der Waals surface area contributed by atoms with Gasteiger partial charge in [-0.3, -0.25) is 9.36 Å². The molecular formula is C27H29N7O2. The third-order valence-electron chi connectivity index (χ3n) is 5.74. The summed E-state index contributed by atoms with van der Waals surface area (Å²) < 4.78 is 6.95. The van der Waals surface area contributed by atoms with Gasteiger partial charge in [0, 0.05) is 6.42 Å². The molecule has 184 valence electrons. The van der Waals surface area contributed by atoms with Crippen molar-refractivity contribution in [3.05, 3.63) is 88.1 Å². The molecule has 0 aliphatic heterocycles. The number of oxazole rings is 1. The maximum Gasteiger partial charge on any atom is 0.266 e. The second-order valence-corrected chi connectivity index (χ2v) is 8.49. The van der Waals surface area contributed by atoms with Crippen LogP contribution in [-0.4, -0.2) is 24.5 Å². The molecule has 0 bridgehead atoms. The van der Waals surface area contributed by atoms with Crippen LogP contribution in [0.25, 0.3) is 28.0 Å². The van der Waals surface area contributed by atoms with Crippen molar-refractivity contribution in [2.45, 2.75) is 40.5 Å². The number of para-hydroxylation sites is 1. The van der Waals surface area contributed by atoms with Crippen LogP contribution in [0.2, 0.25) is 0 Å². The van der Waals surface area contributed by atoms with Crippen LogP contribution in [0.5, 0.6) is 0 Å². The van der Waals surface area contributed by atoms with Gasteiger partial charge in [0.2, 0.25) is 5.89 Å². The molecule has 3 heterocycles. The third kappa shape index (κ3) is 4.81. The number of benzene rings is 2. The second kappa shape index (κ2) is 10.4. The van der Waals surface area contributed by atoms with Crippen LogP contribution in [-0.2, 0) is 6.42 Å². The van der Waals surface area contributed by atoms with E-state index in [9.17, 15) is 4.79 Å².